The number of carboxylic acid groups (broad SMARTS) is 2. The van der Waals surface area contributed by atoms with Crippen LogP contribution in [-0.2, 0) is 35.3 Å². The van der Waals surface area contributed by atoms with Crippen molar-refractivity contribution < 1.29 is 60.9 Å². The molecule has 0 saturated carbocycles. The SMILES string of the molecule is CC(C)(C)C(c1cc(-c2cc(F)ccc2F)cn1Cc1ccccc1)N(CC1CCNC1)C(=O)CSCC(NC(=O)CN1C(=O)C=CC1=O)C(=O)O.O=C(O)C(F)(F)F. The molecule has 59 heavy (non-hydrogen) atoms. The number of nitrogens with zero attached hydrogens (tertiary/aromatic N) is 3. The van der Waals surface area contributed by atoms with Gasteiger partial charge in [0.25, 0.3) is 11.8 Å². The van der Waals surface area contributed by atoms with Crippen molar-refractivity contribution in [1.82, 2.24) is 25.0 Å². The number of carboxylic acids is 2. The van der Waals surface area contributed by atoms with Gasteiger partial charge in [0.2, 0.25) is 11.8 Å². The van der Waals surface area contributed by atoms with E-state index in [9.17, 15) is 46.6 Å². The average Bonchev–Trinajstić information content (AvgIpc) is 3.90. The van der Waals surface area contributed by atoms with E-state index in [1.165, 1.54) is 0 Å². The van der Waals surface area contributed by atoms with Gasteiger partial charge in [-0.15, -0.1) is 11.8 Å². The molecule has 0 radical (unpaired) electrons. The van der Waals surface area contributed by atoms with E-state index in [4.69, 9.17) is 9.90 Å². The number of aromatic nitrogens is 1. The molecule has 2 aliphatic rings. The topological polar surface area (TPSA) is 178 Å². The van der Waals surface area contributed by atoms with Crippen LogP contribution in [0.3, 0.4) is 0 Å². The predicted octanol–water partition coefficient (Wildman–Crippen LogP) is 4.87. The van der Waals surface area contributed by atoms with E-state index in [1.807, 2.05) is 66.6 Å². The minimum Gasteiger partial charge on any atom is -0.480 e. The first-order valence-corrected chi connectivity index (χ1v) is 19.4. The summed E-state index contributed by atoms with van der Waals surface area (Å²) in [6.45, 7) is 7.75. The van der Waals surface area contributed by atoms with E-state index in [-0.39, 0.29) is 28.9 Å². The van der Waals surface area contributed by atoms with Crippen molar-refractivity contribution in [3.05, 3.63) is 95.8 Å². The molecule has 0 spiro atoms. The zero-order valence-electron chi connectivity index (χ0n) is 32.3. The van der Waals surface area contributed by atoms with E-state index in [0.717, 1.165) is 66.3 Å². The van der Waals surface area contributed by atoms with Crippen molar-refractivity contribution in [2.45, 2.75) is 52.0 Å². The molecule has 4 amide bonds. The van der Waals surface area contributed by atoms with Gasteiger partial charge in [-0.2, -0.15) is 13.2 Å². The molecule has 1 saturated heterocycles. The number of thioether (sulfide) groups is 1. The Balaban J connectivity index is 0.00000101. The maximum absolute atomic E-state index is 15.1. The predicted molar refractivity (Wildman–Crippen MR) is 207 cm³/mol. The zero-order chi connectivity index (χ0) is 43.7. The van der Waals surface area contributed by atoms with Gasteiger partial charge in [0.05, 0.1) is 11.8 Å². The quantitative estimate of drug-likeness (QED) is 0.122. The maximum Gasteiger partial charge on any atom is 0.490 e. The Labute approximate surface area is 340 Å². The lowest BCUT2D eigenvalue weighted by molar-refractivity contribution is -0.192. The van der Waals surface area contributed by atoms with Crippen LogP contribution in [0.5, 0.6) is 0 Å². The van der Waals surface area contributed by atoms with Gasteiger partial charge in [0.1, 0.15) is 24.2 Å². The van der Waals surface area contributed by atoms with Gasteiger partial charge in [-0.25, -0.2) is 18.4 Å². The molecule has 4 N–H and O–H groups in total. The Morgan fingerprint density at radius 1 is 0.983 bits per heavy atom. The number of amides is 4. The fourth-order valence-corrected chi connectivity index (χ4v) is 7.52. The van der Waals surface area contributed by atoms with Gasteiger partial charge in [0.15, 0.2) is 0 Å². The number of alkyl halides is 3. The number of hydrogen-bond acceptors (Lipinski definition) is 8. The van der Waals surface area contributed by atoms with Gasteiger partial charge >= 0.3 is 18.1 Å². The summed E-state index contributed by atoms with van der Waals surface area (Å²) in [5.74, 6) is -7.76. The van der Waals surface area contributed by atoms with Crippen LogP contribution in [0.15, 0.2) is 72.9 Å². The molecule has 3 unspecified atom stereocenters. The van der Waals surface area contributed by atoms with Crippen molar-refractivity contribution >= 4 is 47.3 Å². The largest absolute Gasteiger partial charge is 0.490 e. The summed E-state index contributed by atoms with van der Waals surface area (Å²) in [5.41, 5.74) is 1.73. The molecular weight excluding hydrogens is 806 g/mol. The first kappa shape index (κ1) is 46.1. The Morgan fingerprint density at radius 2 is 1.63 bits per heavy atom. The smallest absolute Gasteiger partial charge is 0.480 e. The molecule has 3 atom stereocenters. The van der Waals surface area contributed by atoms with Crippen LogP contribution in [0.1, 0.15) is 44.5 Å². The van der Waals surface area contributed by atoms with Gasteiger partial charge in [0, 0.05) is 54.0 Å². The van der Waals surface area contributed by atoms with Gasteiger partial charge in [-0.1, -0.05) is 51.1 Å². The second-order valence-electron chi connectivity index (χ2n) is 14.9. The van der Waals surface area contributed by atoms with Crippen LogP contribution in [0.2, 0.25) is 0 Å². The van der Waals surface area contributed by atoms with Crippen molar-refractivity contribution in [2.24, 2.45) is 11.3 Å². The molecule has 5 rings (SSSR count). The summed E-state index contributed by atoms with van der Waals surface area (Å²) < 4.78 is 63.2. The molecule has 19 heteroatoms. The van der Waals surface area contributed by atoms with Crippen LogP contribution >= 0.6 is 11.8 Å². The Kier molecular flexibility index (Phi) is 15.6. The number of hydrogen-bond donors (Lipinski definition) is 4. The molecule has 2 aromatic carbocycles. The molecule has 13 nitrogen and oxygen atoms in total. The zero-order valence-corrected chi connectivity index (χ0v) is 33.1. The standard InChI is InChI=1S/C38H43F2N5O6S.C2HF3O2/c1-38(2,3)36(31-15-26(28-16-27(39)9-10-29(28)40)20-43(31)18-24-7-5-4-6-8-24)45(19-25-13-14-41-17-25)35(49)23-52-22-30(37(50)51)42-32(46)21-44-33(47)11-12-34(44)48;3-2(4,5)1(6)7/h4-12,15-16,20,25,30,36,41H,13-14,17-19,21-23H2,1-3H3,(H,42,46)(H,50,51);(H,6,7). The second kappa shape index (κ2) is 19.9. The highest BCUT2D eigenvalue weighted by Crippen LogP contribution is 2.42. The molecule has 2 aliphatic heterocycles. The number of nitrogens with one attached hydrogen (secondary N) is 2. The highest BCUT2D eigenvalue weighted by molar-refractivity contribution is 8.00. The van der Waals surface area contributed by atoms with Gasteiger partial charge in [-0.3, -0.25) is 24.1 Å². The van der Waals surface area contributed by atoms with Gasteiger partial charge in [-0.05, 0) is 60.7 Å². The molecular formula is C40H44F5N5O8S. The monoisotopic (exact) mass is 849 g/mol. The first-order chi connectivity index (χ1) is 27.6. The van der Waals surface area contributed by atoms with Crippen LogP contribution in [0.25, 0.3) is 11.1 Å². The number of rotatable bonds is 15. The number of carbonyl (C=O) groups excluding carboxylic acids is 4. The minimum atomic E-state index is -5.08. The molecule has 1 fully saturated rings. The fourth-order valence-electron chi connectivity index (χ4n) is 6.60. The van der Waals surface area contributed by atoms with E-state index in [1.54, 1.807) is 6.20 Å². The average molecular weight is 850 g/mol. The van der Waals surface area contributed by atoms with Gasteiger partial charge < -0.3 is 30.3 Å². The first-order valence-electron chi connectivity index (χ1n) is 18.3. The third kappa shape index (κ3) is 13.0. The van der Waals surface area contributed by atoms with E-state index in [0.29, 0.717) is 30.1 Å². The molecule has 1 aromatic heterocycles. The van der Waals surface area contributed by atoms with Crippen molar-refractivity contribution in [3.8, 4) is 11.1 Å². The molecule has 318 valence electrons. The summed E-state index contributed by atoms with van der Waals surface area (Å²) in [6, 6.07) is 12.9. The van der Waals surface area contributed by atoms with Crippen molar-refractivity contribution in [3.63, 3.8) is 0 Å². The van der Waals surface area contributed by atoms with E-state index >= 15 is 4.39 Å². The number of carbonyl (C=O) groups is 6. The highest BCUT2D eigenvalue weighted by atomic mass is 32.2. The molecule has 0 aliphatic carbocycles. The lowest BCUT2D eigenvalue weighted by atomic mass is 9.82. The summed E-state index contributed by atoms with van der Waals surface area (Å²) >= 11 is 1.05. The Hall–Kier alpha value is -5.56. The van der Waals surface area contributed by atoms with Crippen LogP contribution in [0, 0.1) is 23.0 Å². The summed E-state index contributed by atoms with van der Waals surface area (Å²) in [6.07, 6.45) is -0.386. The molecule has 0 bridgehead atoms. The third-order valence-corrected chi connectivity index (χ3v) is 10.3. The number of imide groups is 1. The van der Waals surface area contributed by atoms with Crippen molar-refractivity contribution in [2.75, 3.05) is 37.7 Å². The third-order valence-electron chi connectivity index (χ3n) is 9.30. The summed E-state index contributed by atoms with van der Waals surface area (Å²) in [7, 11) is 0. The van der Waals surface area contributed by atoms with Crippen LogP contribution < -0.4 is 10.6 Å². The summed E-state index contributed by atoms with van der Waals surface area (Å²) in [4.78, 5) is 74.1. The fraction of sp³-hybridized carbons (Fsp3) is 0.400. The van der Waals surface area contributed by atoms with E-state index < -0.39 is 71.5 Å². The second-order valence-corrected chi connectivity index (χ2v) is 16.0. The van der Waals surface area contributed by atoms with Crippen molar-refractivity contribution in [1.29, 1.82) is 0 Å². The maximum atomic E-state index is 15.1. The lowest BCUT2D eigenvalue weighted by Gasteiger charge is -2.42. The Morgan fingerprint density at radius 3 is 2.19 bits per heavy atom. The molecule has 3 heterocycles. The van der Waals surface area contributed by atoms with E-state index in [2.05, 4.69) is 10.6 Å². The normalized spacial score (nSPS) is 16.3. The summed E-state index contributed by atoms with van der Waals surface area (Å²) in [5, 5.41) is 22.7. The molecule has 3 aromatic rings. The number of halogens is 5. The lowest BCUT2D eigenvalue weighted by Crippen LogP contribution is -2.48. The minimum absolute atomic E-state index is 0.102. The number of aliphatic carboxylic acids is 2. The Bertz CT molecular complexity index is 2030. The number of benzene rings is 2. The highest BCUT2D eigenvalue weighted by Gasteiger charge is 2.40. The van der Waals surface area contributed by atoms with Crippen LogP contribution in [-0.4, -0.2) is 110 Å². The van der Waals surface area contributed by atoms with Crippen LogP contribution in [0.4, 0.5) is 22.0 Å².